The zero-order valence-corrected chi connectivity index (χ0v) is 18.2. The Kier molecular flexibility index (Phi) is 5.86. The van der Waals surface area contributed by atoms with Crippen LogP contribution in [-0.2, 0) is 17.8 Å². The Morgan fingerprint density at radius 3 is 2.77 bits per heavy atom. The predicted octanol–water partition coefficient (Wildman–Crippen LogP) is 5.68. The SMILES string of the molecule is CCOc1cccc2sc(N(Cc3ccco3)C(=O)Cc3ccc(C)cc3C)nc12. The number of carbonyl (C=O) groups is 1. The molecule has 0 N–H and O–H groups in total. The monoisotopic (exact) mass is 420 g/mol. The van der Waals surface area contributed by atoms with Crippen LogP contribution < -0.4 is 9.64 Å². The van der Waals surface area contributed by atoms with E-state index in [2.05, 4.69) is 13.0 Å². The molecule has 0 spiro atoms. The molecule has 2 aromatic carbocycles. The summed E-state index contributed by atoms with van der Waals surface area (Å²) in [6.07, 6.45) is 1.93. The average molecular weight is 421 g/mol. The van der Waals surface area contributed by atoms with E-state index in [1.807, 2.05) is 56.3 Å². The van der Waals surface area contributed by atoms with Gasteiger partial charge in [0, 0.05) is 0 Å². The number of carbonyl (C=O) groups excluding carboxylic acids is 1. The van der Waals surface area contributed by atoms with E-state index in [-0.39, 0.29) is 5.91 Å². The minimum atomic E-state index is -0.0182. The first-order chi connectivity index (χ1) is 14.5. The predicted molar refractivity (Wildman–Crippen MR) is 120 cm³/mol. The molecule has 30 heavy (non-hydrogen) atoms. The highest BCUT2D eigenvalue weighted by Gasteiger charge is 2.23. The van der Waals surface area contributed by atoms with E-state index in [0.29, 0.717) is 30.5 Å². The molecule has 0 atom stereocenters. The summed E-state index contributed by atoms with van der Waals surface area (Å²) < 4.78 is 12.2. The van der Waals surface area contributed by atoms with Gasteiger partial charge in [0.05, 0.1) is 30.5 Å². The quantitative estimate of drug-likeness (QED) is 0.386. The van der Waals surface area contributed by atoms with Crippen LogP contribution in [-0.4, -0.2) is 17.5 Å². The van der Waals surface area contributed by atoms with Crippen LogP contribution in [0, 0.1) is 13.8 Å². The second-order valence-electron chi connectivity index (χ2n) is 7.20. The molecule has 0 aliphatic carbocycles. The zero-order chi connectivity index (χ0) is 21.1. The van der Waals surface area contributed by atoms with Gasteiger partial charge in [0.2, 0.25) is 5.91 Å². The summed E-state index contributed by atoms with van der Waals surface area (Å²) in [6, 6.07) is 15.7. The lowest BCUT2D eigenvalue weighted by Crippen LogP contribution is -2.31. The number of hydrogen-bond acceptors (Lipinski definition) is 5. The molecule has 0 fully saturated rings. The number of furan rings is 1. The molecular weight excluding hydrogens is 396 g/mol. The summed E-state index contributed by atoms with van der Waals surface area (Å²) in [6.45, 7) is 6.94. The van der Waals surface area contributed by atoms with Crippen LogP contribution in [0.2, 0.25) is 0 Å². The van der Waals surface area contributed by atoms with Crippen molar-refractivity contribution in [2.75, 3.05) is 11.5 Å². The smallest absolute Gasteiger partial charge is 0.233 e. The Morgan fingerprint density at radius 1 is 1.17 bits per heavy atom. The summed E-state index contributed by atoms with van der Waals surface area (Å²) >= 11 is 1.49. The van der Waals surface area contributed by atoms with Crippen molar-refractivity contribution in [1.29, 1.82) is 0 Å². The van der Waals surface area contributed by atoms with Crippen molar-refractivity contribution in [1.82, 2.24) is 4.98 Å². The number of benzene rings is 2. The van der Waals surface area contributed by atoms with E-state index >= 15 is 0 Å². The van der Waals surface area contributed by atoms with Gasteiger partial charge in [-0.05, 0) is 56.2 Å². The maximum atomic E-state index is 13.4. The molecule has 0 saturated heterocycles. The summed E-state index contributed by atoms with van der Waals surface area (Å²) in [4.78, 5) is 19.9. The fourth-order valence-corrected chi connectivity index (χ4v) is 4.42. The summed E-state index contributed by atoms with van der Waals surface area (Å²) in [5, 5.41) is 0.642. The molecule has 0 radical (unpaired) electrons. The summed E-state index contributed by atoms with van der Waals surface area (Å²) in [7, 11) is 0. The number of fused-ring (bicyclic) bond motifs is 1. The van der Waals surface area contributed by atoms with Crippen molar-refractivity contribution in [3.63, 3.8) is 0 Å². The lowest BCUT2D eigenvalue weighted by Gasteiger charge is -2.19. The number of amides is 1. The fourth-order valence-electron chi connectivity index (χ4n) is 3.42. The van der Waals surface area contributed by atoms with Crippen molar-refractivity contribution in [2.24, 2.45) is 0 Å². The molecule has 5 nitrogen and oxygen atoms in total. The molecule has 6 heteroatoms. The van der Waals surface area contributed by atoms with Gasteiger partial charge in [-0.25, -0.2) is 4.98 Å². The number of para-hydroxylation sites is 1. The van der Waals surface area contributed by atoms with E-state index in [4.69, 9.17) is 14.1 Å². The molecule has 0 bridgehead atoms. The first-order valence-corrected chi connectivity index (χ1v) is 10.8. The van der Waals surface area contributed by atoms with E-state index in [1.165, 1.54) is 16.9 Å². The van der Waals surface area contributed by atoms with Crippen molar-refractivity contribution in [3.8, 4) is 5.75 Å². The van der Waals surface area contributed by atoms with Gasteiger partial charge < -0.3 is 9.15 Å². The molecule has 0 saturated carbocycles. The molecule has 0 aliphatic rings. The molecule has 0 aliphatic heterocycles. The van der Waals surface area contributed by atoms with Gasteiger partial charge in [-0.3, -0.25) is 9.69 Å². The largest absolute Gasteiger partial charge is 0.492 e. The molecule has 0 unspecified atom stereocenters. The van der Waals surface area contributed by atoms with Crippen molar-refractivity contribution in [3.05, 3.63) is 77.2 Å². The van der Waals surface area contributed by atoms with E-state index in [1.54, 1.807) is 11.2 Å². The van der Waals surface area contributed by atoms with Gasteiger partial charge in [0.25, 0.3) is 0 Å². The Balaban J connectivity index is 1.70. The number of anilines is 1. The Morgan fingerprint density at radius 2 is 2.03 bits per heavy atom. The lowest BCUT2D eigenvalue weighted by molar-refractivity contribution is -0.118. The molecule has 2 aromatic heterocycles. The van der Waals surface area contributed by atoms with Crippen LogP contribution in [0.5, 0.6) is 5.75 Å². The van der Waals surface area contributed by atoms with Crippen molar-refractivity contribution >= 4 is 32.6 Å². The van der Waals surface area contributed by atoms with Crippen LogP contribution in [0.4, 0.5) is 5.13 Å². The highest BCUT2D eigenvalue weighted by molar-refractivity contribution is 7.22. The topological polar surface area (TPSA) is 55.6 Å². The molecule has 1 amide bonds. The van der Waals surface area contributed by atoms with E-state index in [9.17, 15) is 4.79 Å². The molecule has 4 aromatic rings. The van der Waals surface area contributed by atoms with Crippen LogP contribution in [0.1, 0.15) is 29.4 Å². The number of thiazole rings is 1. The number of rotatable bonds is 7. The van der Waals surface area contributed by atoms with Gasteiger partial charge in [-0.1, -0.05) is 41.2 Å². The number of nitrogens with zero attached hydrogens (tertiary/aromatic N) is 2. The maximum Gasteiger partial charge on any atom is 0.233 e. The Bertz CT molecular complexity index is 1160. The first kappa shape index (κ1) is 20.2. The summed E-state index contributed by atoms with van der Waals surface area (Å²) in [5.74, 6) is 1.43. The van der Waals surface area contributed by atoms with Gasteiger partial charge in [0.15, 0.2) is 5.13 Å². The van der Waals surface area contributed by atoms with Gasteiger partial charge >= 0.3 is 0 Å². The van der Waals surface area contributed by atoms with Crippen LogP contribution >= 0.6 is 11.3 Å². The lowest BCUT2D eigenvalue weighted by atomic mass is 10.0. The molecular formula is C24H24N2O3S. The van der Waals surface area contributed by atoms with Gasteiger partial charge in [0.1, 0.15) is 17.0 Å². The molecule has 2 heterocycles. The third-order valence-electron chi connectivity index (χ3n) is 4.94. The van der Waals surface area contributed by atoms with Crippen LogP contribution in [0.3, 0.4) is 0 Å². The van der Waals surface area contributed by atoms with E-state index in [0.717, 1.165) is 27.1 Å². The second-order valence-corrected chi connectivity index (χ2v) is 8.21. The Labute approximate surface area is 179 Å². The normalized spacial score (nSPS) is 11.0. The molecule has 4 rings (SSSR count). The fraction of sp³-hybridized carbons (Fsp3) is 0.250. The van der Waals surface area contributed by atoms with E-state index < -0.39 is 0 Å². The Hall–Kier alpha value is -3.12. The standard InChI is InChI=1S/C24H24N2O3S/c1-4-28-20-8-5-9-21-23(20)25-24(30-21)26(15-19-7-6-12-29-19)22(27)14-18-11-10-16(2)13-17(18)3/h5-13H,4,14-15H2,1-3H3. The number of aryl methyl sites for hydroxylation is 2. The van der Waals surface area contributed by atoms with Crippen LogP contribution in [0.25, 0.3) is 10.2 Å². The average Bonchev–Trinajstić information content (AvgIpc) is 3.38. The highest BCUT2D eigenvalue weighted by Crippen LogP contribution is 2.35. The number of hydrogen-bond donors (Lipinski definition) is 0. The van der Waals surface area contributed by atoms with Crippen LogP contribution in [0.15, 0.2) is 59.2 Å². The molecule has 154 valence electrons. The minimum absolute atomic E-state index is 0.0182. The third-order valence-corrected chi connectivity index (χ3v) is 5.98. The first-order valence-electron chi connectivity index (χ1n) is 9.96. The third kappa shape index (κ3) is 4.24. The van der Waals surface area contributed by atoms with Crippen molar-refractivity contribution < 1.29 is 13.9 Å². The number of aromatic nitrogens is 1. The van der Waals surface area contributed by atoms with Gasteiger partial charge in [-0.2, -0.15) is 0 Å². The maximum absolute atomic E-state index is 13.4. The van der Waals surface area contributed by atoms with Crippen molar-refractivity contribution in [2.45, 2.75) is 33.7 Å². The second kappa shape index (κ2) is 8.71. The zero-order valence-electron chi connectivity index (χ0n) is 17.3. The summed E-state index contributed by atoms with van der Waals surface area (Å²) in [5.41, 5.74) is 4.10. The van der Waals surface area contributed by atoms with Gasteiger partial charge in [-0.15, -0.1) is 0 Å². The number of ether oxygens (including phenoxy) is 1. The highest BCUT2D eigenvalue weighted by atomic mass is 32.1. The minimum Gasteiger partial charge on any atom is -0.492 e.